The molecule has 2 aromatic carbocycles. The van der Waals surface area contributed by atoms with Crippen LogP contribution < -0.4 is 15.4 Å². The van der Waals surface area contributed by atoms with E-state index < -0.39 is 0 Å². The number of hydrogen-bond acceptors (Lipinski definition) is 3. The number of amides is 1. The van der Waals surface area contributed by atoms with E-state index in [1.807, 2.05) is 25.1 Å². The molecule has 4 nitrogen and oxygen atoms in total. The summed E-state index contributed by atoms with van der Waals surface area (Å²) in [7, 11) is 1.54. The molecule has 2 rings (SSSR count). The van der Waals surface area contributed by atoms with Gasteiger partial charge in [0.2, 0.25) is 5.91 Å². The fourth-order valence-corrected chi connectivity index (χ4v) is 2.37. The maximum Gasteiger partial charge on any atom is 0.226 e. The van der Waals surface area contributed by atoms with Crippen molar-refractivity contribution in [1.82, 2.24) is 0 Å². The van der Waals surface area contributed by atoms with E-state index in [1.54, 1.807) is 25.3 Å². The van der Waals surface area contributed by atoms with Crippen molar-refractivity contribution in [2.24, 2.45) is 0 Å². The SMILES string of the molecule is COc1ccc(Cl)cc1NC(=O)CCNc1ccc(C)c(Cl)c1. The fourth-order valence-electron chi connectivity index (χ4n) is 2.01. The number of carbonyl (C=O) groups is 1. The Morgan fingerprint density at radius 2 is 1.96 bits per heavy atom. The molecular weight excluding hydrogens is 335 g/mol. The molecular formula is C17H18Cl2N2O2. The van der Waals surface area contributed by atoms with E-state index in [2.05, 4.69) is 10.6 Å². The van der Waals surface area contributed by atoms with Crippen LogP contribution >= 0.6 is 23.2 Å². The molecule has 0 aliphatic carbocycles. The molecule has 2 aromatic rings. The number of halogens is 2. The highest BCUT2D eigenvalue weighted by atomic mass is 35.5. The number of aryl methyl sites for hydroxylation is 1. The van der Waals surface area contributed by atoms with Gasteiger partial charge in [-0.25, -0.2) is 0 Å². The Bertz CT molecular complexity index is 705. The van der Waals surface area contributed by atoms with Crippen LogP contribution in [0.15, 0.2) is 36.4 Å². The predicted molar refractivity (Wildman–Crippen MR) is 95.9 cm³/mol. The van der Waals surface area contributed by atoms with Gasteiger partial charge in [-0.15, -0.1) is 0 Å². The summed E-state index contributed by atoms with van der Waals surface area (Å²) < 4.78 is 5.20. The average molecular weight is 353 g/mol. The Labute approximate surface area is 145 Å². The van der Waals surface area contributed by atoms with Crippen LogP contribution in [0.2, 0.25) is 10.0 Å². The number of anilines is 2. The molecule has 1 amide bonds. The minimum Gasteiger partial charge on any atom is -0.495 e. The molecule has 0 aliphatic rings. The molecule has 2 N–H and O–H groups in total. The lowest BCUT2D eigenvalue weighted by Gasteiger charge is -2.11. The second-order valence-corrected chi connectivity index (χ2v) is 5.88. The number of nitrogens with one attached hydrogen (secondary N) is 2. The van der Waals surface area contributed by atoms with E-state index in [-0.39, 0.29) is 5.91 Å². The van der Waals surface area contributed by atoms with E-state index in [9.17, 15) is 4.79 Å². The third-order valence-electron chi connectivity index (χ3n) is 3.29. The molecule has 0 bridgehead atoms. The minimum absolute atomic E-state index is 0.128. The molecule has 0 aromatic heterocycles. The first-order valence-corrected chi connectivity index (χ1v) is 7.88. The van der Waals surface area contributed by atoms with Gasteiger partial charge >= 0.3 is 0 Å². The summed E-state index contributed by atoms with van der Waals surface area (Å²) in [5.74, 6) is 0.442. The fraction of sp³-hybridized carbons (Fsp3) is 0.235. The van der Waals surface area contributed by atoms with Gasteiger partial charge in [0.1, 0.15) is 5.75 Å². The number of hydrogen-bond donors (Lipinski definition) is 2. The van der Waals surface area contributed by atoms with Crippen LogP contribution in [-0.4, -0.2) is 19.6 Å². The molecule has 0 atom stereocenters. The zero-order valence-corrected chi connectivity index (χ0v) is 14.5. The average Bonchev–Trinajstić information content (AvgIpc) is 2.51. The summed E-state index contributed by atoms with van der Waals surface area (Å²) in [4.78, 5) is 12.0. The molecule has 6 heteroatoms. The Balaban J connectivity index is 1.88. The van der Waals surface area contributed by atoms with Crippen LogP contribution in [0, 0.1) is 6.92 Å². The highest BCUT2D eigenvalue weighted by Gasteiger charge is 2.08. The highest BCUT2D eigenvalue weighted by molar-refractivity contribution is 6.31. The first-order chi connectivity index (χ1) is 11.0. The van der Waals surface area contributed by atoms with E-state index in [1.165, 1.54) is 0 Å². The molecule has 0 unspecified atom stereocenters. The normalized spacial score (nSPS) is 10.3. The number of ether oxygens (including phenoxy) is 1. The number of methoxy groups -OCH3 is 1. The number of carbonyl (C=O) groups excluding carboxylic acids is 1. The Kier molecular flexibility index (Phi) is 6.13. The quantitative estimate of drug-likeness (QED) is 0.788. The van der Waals surface area contributed by atoms with Gasteiger partial charge in [-0.05, 0) is 42.8 Å². The second-order valence-electron chi connectivity index (χ2n) is 5.03. The lowest BCUT2D eigenvalue weighted by Crippen LogP contribution is -2.16. The van der Waals surface area contributed by atoms with Gasteiger partial charge in [0.05, 0.1) is 12.8 Å². The molecule has 0 spiro atoms. The van der Waals surface area contributed by atoms with Crippen LogP contribution in [0.25, 0.3) is 0 Å². The summed E-state index contributed by atoms with van der Waals surface area (Å²) in [6.45, 7) is 2.44. The van der Waals surface area contributed by atoms with E-state index in [0.29, 0.717) is 34.4 Å². The molecule has 23 heavy (non-hydrogen) atoms. The van der Waals surface area contributed by atoms with Gasteiger partial charge in [0.15, 0.2) is 0 Å². The molecule has 122 valence electrons. The topological polar surface area (TPSA) is 50.4 Å². The van der Waals surface area contributed by atoms with Crippen molar-refractivity contribution in [3.8, 4) is 5.75 Å². The maximum atomic E-state index is 12.0. The van der Waals surface area contributed by atoms with Crippen LogP contribution in [0.5, 0.6) is 5.75 Å². The Morgan fingerprint density at radius 1 is 1.17 bits per heavy atom. The summed E-state index contributed by atoms with van der Waals surface area (Å²) in [5.41, 5.74) is 2.46. The van der Waals surface area contributed by atoms with E-state index in [4.69, 9.17) is 27.9 Å². The van der Waals surface area contributed by atoms with E-state index in [0.717, 1.165) is 11.3 Å². The van der Waals surface area contributed by atoms with Gasteiger partial charge in [0, 0.05) is 28.7 Å². The third-order valence-corrected chi connectivity index (χ3v) is 3.93. The molecule has 0 radical (unpaired) electrons. The van der Waals surface area contributed by atoms with Crippen LogP contribution in [0.4, 0.5) is 11.4 Å². The van der Waals surface area contributed by atoms with Crippen molar-refractivity contribution in [1.29, 1.82) is 0 Å². The zero-order valence-electron chi connectivity index (χ0n) is 13.0. The Hall–Kier alpha value is -1.91. The van der Waals surface area contributed by atoms with Crippen LogP contribution in [0.3, 0.4) is 0 Å². The van der Waals surface area contributed by atoms with Crippen molar-refractivity contribution in [3.05, 3.63) is 52.0 Å². The van der Waals surface area contributed by atoms with Gasteiger partial charge in [-0.2, -0.15) is 0 Å². The van der Waals surface area contributed by atoms with E-state index >= 15 is 0 Å². The largest absolute Gasteiger partial charge is 0.495 e. The van der Waals surface area contributed by atoms with Crippen molar-refractivity contribution in [2.45, 2.75) is 13.3 Å². The van der Waals surface area contributed by atoms with Crippen LogP contribution in [0.1, 0.15) is 12.0 Å². The second kappa shape index (κ2) is 8.09. The van der Waals surface area contributed by atoms with Crippen molar-refractivity contribution < 1.29 is 9.53 Å². The summed E-state index contributed by atoms with van der Waals surface area (Å²) >= 11 is 12.0. The maximum absolute atomic E-state index is 12.0. The van der Waals surface area contributed by atoms with Crippen molar-refractivity contribution >= 4 is 40.5 Å². The first-order valence-electron chi connectivity index (χ1n) is 7.13. The minimum atomic E-state index is -0.128. The smallest absolute Gasteiger partial charge is 0.226 e. The monoisotopic (exact) mass is 352 g/mol. The van der Waals surface area contributed by atoms with Gasteiger partial charge < -0.3 is 15.4 Å². The van der Waals surface area contributed by atoms with Gasteiger partial charge in [-0.1, -0.05) is 29.3 Å². The summed E-state index contributed by atoms with van der Waals surface area (Å²) in [6, 6.07) is 10.8. The standard InChI is InChI=1S/C17H18Cl2N2O2/c1-11-3-5-13(10-14(11)19)20-8-7-17(22)21-15-9-12(18)4-6-16(15)23-2/h3-6,9-10,20H,7-8H2,1-2H3,(H,21,22). The number of rotatable bonds is 6. The van der Waals surface area contributed by atoms with Gasteiger partial charge in [0.25, 0.3) is 0 Å². The predicted octanol–water partition coefficient (Wildman–Crippen LogP) is 4.75. The highest BCUT2D eigenvalue weighted by Crippen LogP contribution is 2.27. The zero-order chi connectivity index (χ0) is 16.8. The van der Waals surface area contributed by atoms with Crippen molar-refractivity contribution in [2.75, 3.05) is 24.3 Å². The number of benzene rings is 2. The molecule has 0 fully saturated rings. The molecule has 0 heterocycles. The third kappa shape index (κ3) is 5.05. The lowest BCUT2D eigenvalue weighted by atomic mass is 10.2. The summed E-state index contributed by atoms with van der Waals surface area (Å²) in [6.07, 6.45) is 0.307. The first kappa shape index (κ1) is 17.4. The summed E-state index contributed by atoms with van der Waals surface area (Å²) in [5, 5.41) is 7.19. The molecule has 0 saturated carbocycles. The lowest BCUT2D eigenvalue weighted by molar-refractivity contribution is -0.115. The van der Waals surface area contributed by atoms with Crippen LogP contribution in [-0.2, 0) is 4.79 Å². The van der Waals surface area contributed by atoms with Gasteiger partial charge in [-0.3, -0.25) is 4.79 Å². The molecule has 0 aliphatic heterocycles. The molecule has 0 saturated heterocycles. The Morgan fingerprint density at radius 3 is 2.65 bits per heavy atom. The van der Waals surface area contributed by atoms with Crippen molar-refractivity contribution in [3.63, 3.8) is 0 Å².